The van der Waals surface area contributed by atoms with Crippen LogP contribution < -0.4 is 5.43 Å². The average Bonchev–Trinajstić information content (AvgIpc) is 3.05. The van der Waals surface area contributed by atoms with E-state index < -0.39 is 0 Å². The summed E-state index contributed by atoms with van der Waals surface area (Å²) in [6.45, 7) is 0. The zero-order valence-corrected chi connectivity index (χ0v) is 13.7. The maximum absolute atomic E-state index is 6.13. The second-order valence-electron chi connectivity index (χ2n) is 5.03. The normalized spacial score (nSPS) is 11.6. The van der Waals surface area contributed by atoms with Crippen LogP contribution in [0, 0.1) is 0 Å². The molecule has 0 saturated heterocycles. The Morgan fingerprint density at radius 3 is 2.75 bits per heavy atom. The molecule has 0 bridgehead atoms. The standard InChI is InChI=1S/C16H10Cl2N6/c17-11-6-5-10(14(18)7-11)8-19-21-15-12-3-1-2-4-13(12)16-22-20-9-24(16)23-15/h1-9H,(H,21,23)/b19-8+. The average molecular weight is 357 g/mol. The molecule has 0 atom stereocenters. The van der Waals surface area contributed by atoms with E-state index in [4.69, 9.17) is 23.2 Å². The lowest BCUT2D eigenvalue weighted by Gasteiger charge is -2.06. The van der Waals surface area contributed by atoms with Crippen molar-refractivity contribution in [2.45, 2.75) is 0 Å². The Hall–Kier alpha value is -2.70. The lowest BCUT2D eigenvalue weighted by molar-refractivity contribution is 0.934. The molecule has 24 heavy (non-hydrogen) atoms. The second kappa shape index (κ2) is 6.07. The van der Waals surface area contributed by atoms with Gasteiger partial charge in [0.15, 0.2) is 11.5 Å². The number of fused-ring (bicyclic) bond motifs is 3. The molecule has 8 heteroatoms. The molecule has 1 N–H and O–H groups in total. The molecule has 0 spiro atoms. The molecule has 4 rings (SSSR count). The highest BCUT2D eigenvalue weighted by Crippen LogP contribution is 2.24. The summed E-state index contributed by atoms with van der Waals surface area (Å²) >= 11 is 12.0. The number of anilines is 1. The Bertz CT molecular complexity index is 1070. The van der Waals surface area contributed by atoms with E-state index in [0.717, 1.165) is 16.3 Å². The largest absolute Gasteiger partial charge is 0.259 e. The van der Waals surface area contributed by atoms with E-state index in [1.807, 2.05) is 24.3 Å². The second-order valence-corrected chi connectivity index (χ2v) is 5.87. The van der Waals surface area contributed by atoms with Gasteiger partial charge in [-0.2, -0.15) is 9.62 Å². The van der Waals surface area contributed by atoms with Crippen molar-refractivity contribution >= 4 is 51.7 Å². The van der Waals surface area contributed by atoms with Crippen molar-refractivity contribution in [3.05, 3.63) is 64.4 Å². The first-order chi connectivity index (χ1) is 11.7. The topological polar surface area (TPSA) is 67.5 Å². The van der Waals surface area contributed by atoms with Crippen molar-refractivity contribution in [2.24, 2.45) is 5.10 Å². The van der Waals surface area contributed by atoms with Crippen LogP contribution in [0.4, 0.5) is 5.82 Å². The van der Waals surface area contributed by atoms with Gasteiger partial charge in [-0.25, -0.2) is 0 Å². The maximum atomic E-state index is 6.13. The summed E-state index contributed by atoms with van der Waals surface area (Å²) in [5.74, 6) is 0.597. The summed E-state index contributed by atoms with van der Waals surface area (Å²) in [7, 11) is 0. The third-order valence-electron chi connectivity index (χ3n) is 3.50. The molecule has 0 fully saturated rings. The first kappa shape index (κ1) is 14.9. The molecule has 2 heterocycles. The lowest BCUT2D eigenvalue weighted by atomic mass is 10.2. The van der Waals surface area contributed by atoms with Gasteiger partial charge in [0.1, 0.15) is 6.33 Å². The number of nitrogens with zero attached hydrogens (tertiary/aromatic N) is 5. The summed E-state index contributed by atoms with van der Waals surface area (Å²) in [6, 6.07) is 13.0. The quantitative estimate of drug-likeness (QED) is 0.444. The number of nitrogens with one attached hydrogen (secondary N) is 1. The summed E-state index contributed by atoms with van der Waals surface area (Å²) in [5, 5.41) is 19.6. The highest BCUT2D eigenvalue weighted by Gasteiger charge is 2.08. The fourth-order valence-electron chi connectivity index (χ4n) is 2.38. The first-order valence-electron chi connectivity index (χ1n) is 7.05. The van der Waals surface area contributed by atoms with Crippen LogP contribution >= 0.6 is 23.2 Å². The van der Waals surface area contributed by atoms with Gasteiger partial charge in [0.25, 0.3) is 0 Å². The third-order valence-corrected chi connectivity index (χ3v) is 4.06. The summed E-state index contributed by atoms with van der Waals surface area (Å²) in [6.07, 6.45) is 3.16. The maximum Gasteiger partial charge on any atom is 0.185 e. The molecule has 0 amide bonds. The number of hydrazone groups is 1. The van der Waals surface area contributed by atoms with E-state index in [2.05, 4.69) is 25.8 Å². The van der Waals surface area contributed by atoms with Crippen LogP contribution in [0.1, 0.15) is 5.56 Å². The smallest absolute Gasteiger partial charge is 0.185 e. The molecule has 118 valence electrons. The van der Waals surface area contributed by atoms with Gasteiger partial charge < -0.3 is 0 Å². The predicted octanol–water partition coefficient (Wildman–Crippen LogP) is 4.03. The molecule has 0 saturated carbocycles. The van der Waals surface area contributed by atoms with E-state index >= 15 is 0 Å². The van der Waals surface area contributed by atoms with Crippen LogP contribution in [-0.4, -0.2) is 26.0 Å². The van der Waals surface area contributed by atoms with Crippen molar-refractivity contribution < 1.29 is 0 Å². The fourth-order valence-corrected chi connectivity index (χ4v) is 2.84. The van der Waals surface area contributed by atoms with Gasteiger partial charge in [0.2, 0.25) is 0 Å². The third kappa shape index (κ3) is 2.66. The minimum Gasteiger partial charge on any atom is -0.259 e. The summed E-state index contributed by atoms with van der Waals surface area (Å²) in [4.78, 5) is 0. The number of benzene rings is 2. The Balaban J connectivity index is 1.72. The van der Waals surface area contributed by atoms with E-state index in [1.54, 1.807) is 35.3 Å². The van der Waals surface area contributed by atoms with Gasteiger partial charge in [-0.3, -0.25) is 5.43 Å². The van der Waals surface area contributed by atoms with Crippen molar-refractivity contribution in [1.29, 1.82) is 0 Å². The minimum atomic E-state index is 0.528. The molecule has 2 aromatic carbocycles. The van der Waals surface area contributed by atoms with E-state index in [-0.39, 0.29) is 0 Å². The Morgan fingerprint density at radius 2 is 1.92 bits per heavy atom. The van der Waals surface area contributed by atoms with Gasteiger partial charge in [-0.1, -0.05) is 53.5 Å². The number of rotatable bonds is 3. The number of aromatic nitrogens is 4. The molecular weight excluding hydrogens is 347 g/mol. The fraction of sp³-hybridized carbons (Fsp3) is 0. The minimum absolute atomic E-state index is 0.528. The Morgan fingerprint density at radius 1 is 1.08 bits per heavy atom. The van der Waals surface area contributed by atoms with Crippen molar-refractivity contribution in [3.63, 3.8) is 0 Å². The van der Waals surface area contributed by atoms with Crippen LogP contribution in [0.5, 0.6) is 0 Å². The van der Waals surface area contributed by atoms with Crippen LogP contribution in [0.3, 0.4) is 0 Å². The number of hydrogen-bond acceptors (Lipinski definition) is 5. The SMILES string of the molecule is Clc1ccc(/C=N/Nc2nn3cnnc3c3ccccc23)c(Cl)c1. The summed E-state index contributed by atoms with van der Waals surface area (Å²) < 4.78 is 1.61. The van der Waals surface area contributed by atoms with Crippen molar-refractivity contribution in [3.8, 4) is 0 Å². The summed E-state index contributed by atoms with van der Waals surface area (Å²) in [5.41, 5.74) is 4.40. The van der Waals surface area contributed by atoms with Gasteiger partial charge in [0, 0.05) is 21.4 Å². The Labute approximate surface area is 146 Å². The van der Waals surface area contributed by atoms with Gasteiger partial charge in [-0.05, 0) is 12.1 Å². The van der Waals surface area contributed by atoms with Crippen LogP contribution in [0.15, 0.2) is 53.9 Å². The van der Waals surface area contributed by atoms with Gasteiger partial charge >= 0.3 is 0 Å². The molecule has 0 aliphatic carbocycles. The molecule has 6 nitrogen and oxygen atoms in total. The van der Waals surface area contributed by atoms with Crippen LogP contribution in [0.25, 0.3) is 16.4 Å². The molecule has 0 aliphatic heterocycles. The number of halogens is 2. The molecule has 0 radical (unpaired) electrons. The molecular formula is C16H10Cl2N6. The molecule has 0 unspecified atom stereocenters. The van der Waals surface area contributed by atoms with Crippen molar-refractivity contribution in [2.75, 3.05) is 5.43 Å². The zero-order valence-electron chi connectivity index (χ0n) is 12.2. The molecule has 2 aromatic heterocycles. The van der Waals surface area contributed by atoms with Gasteiger partial charge in [0.05, 0.1) is 11.2 Å². The van der Waals surface area contributed by atoms with E-state index in [0.29, 0.717) is 21.5 Å². The first-order valence-corrected chi connectivity index (χ1v) is 7.81. The molecule has 4 aromatic rings. The van der Waals surface area contributed by atoms with E-state index in [9.17, 15) is 0 Å². The van der Waals surface area contributed by atoms with E-state index in [1.165, 1.54) is 0 Å². The van der Waals surface area contributed by atoms with Crippen molar-refractivity contribution in [1.82, 2.24) is 19.8 Å². The van der Waals surface area contributed by atoms with Crippen LogP contribution in [0.2, 0.25) is 10.0 Å². The Kier molecular flexibility index (Phi) is 3.76. The predicted molar refractivity (Wildman–Crippen MR) is 96.0 cm³/mol. The van der Waals surface area contributed by atoms with Gasteiger partial charge in [-0.15, -0.1) is 15.3 Å². The van der Waals surface area contributed by atoms with Crippen LogP contribution in [-0.2, 0) is 0 Å². The highest BCUT2D eigenvalue weighted by molar-refractivity contribution is 6.36. The number of hydrogen-bond donors (Lipinski definition) is 1. The highest BCUT2D eigenvalue weighted by atomic mass is 35.5. The molecule has 0 aliphatic rings. The lowest BCUT2D eigenvalue weighted by Crippen LogP contribution is -2.00. The monoisotopic (exact) mass is 356 g/mol. The zero-order chi connectivity index (χ0) is 16.5.